The SMILES string of the molecule is COCc1nc(N2CCC(C)C2)sc1CO. The standard InChI is InChI=1S/C11H18N2O2S/c1-8-3-4-13(5-8)11-12-9(7-15-2)10(6-14)16-11/h8,14H,3-7H2,1-2H3. The molecule has 2 heterocycles. The van der Waals surface area contributed by atoms with Crippen molar-refractivity contribution in [1.82, 2.24) is 4.98 Å². The Bertz CT molecular complexity index is 354. The van der Waals surface area contributed by atoms with Crippen LogP contribution in [0.5, 0.6) is 0 Å². The van der Waals surface area contributed by atoms with Crippen molar-refractivity contribution in [3.05, 3.63) is 10.6 Å². The molecule has 5 heteroatoms. The number of methoxy groups -OCH3 is 1. The van der Waals surface area contributed by atoms with Gasteiger partial charge < -0.3 is 14.7 Å². The van der Waals surface area contributed by atoms with Crippen molar-refractivity contribution in [3.63, 3.8) is 0 Å². The van der Waals surface area contributed by atoms with Crippen LogP contribution in [-0.2, 0) is 18.0 Å². The van der Waals surface area contributed by atoms with Gasteiger partial charge in [-0.1, -0.05) is 18.3 Å². The molecule has 1 aliphatic heterocycles. The molecule has 1 aromatic heterocycles. The van der Waals surface area contributed by atoms with Gasteiger partial charge in [0.2, 0.25) is 0 Å². The van der Waals surface area contributed by atoms with E-state index in [0.717, 1.165) is 34.7 Å². The third-order valence-corrected chi connectivity index (χ3v) is 4.03. The third-order valence-electron chi connectivity index (χ3n) is 2.89. The smallest absolute Gasteiger partial charge is 0.185 e. The molecule has 1 aliphatic rings. The number of aromatic nitrogens is 1. The fraction of sp³-hybridized carbons (Fsp3) is 0.727. The molecular weight excluding hydrogens is 224 g/mol. The molecule has 16 heavy (non-hydrogen) atoms. The fourth-order valence-corrected chi connectivity index (χ4v) is 2.94. The van der Waals surface area contributed by atoms with Gasteiger partial charge in [-0.05, 0) is 12.3 Å². The Labute approximate surface area is 99.9 Å². The Kier molecular flexibility index (Phi) is 3.78. The molecule has 0 radical (unpaired) electrons. The zero-order valence-corrected chi connectivity index (χ0v) is 10.6. The molecule has 1 aromatic rings. The maximum atomic E-state index is 9.25. The molecule has 0 spiro atoms. The van der Waals surface area contributed by atoms with E-state index in [9.17, 15) is 5.11 Å². The molecule has 0 aliphatic carbocycles. The van der Waals surface area contributed by atoms with Crippen molar-refractivity contribution in [2.24, 2.45) is 5.92 Å². The van der Waals surface area contributed by atoms with Gasteiger partial charge in [0.05, 0.1) is 23.8 Å². The molecular formula is C11H18N2O2S. The summed E-state index contributed by atoms with van der Waals surface area (Å²) in [6.07, 6.45) is 1.23. The van der Waals surface area contributed by atoms with Crippen LogP contribution in [0.1, 0.15) is 23.9 Å². The third kappa shape index (κ3) is 2.36. The first-order chi connectivity index (χ1) is 7.74. The minimum atomic E-state index is 0.0553. The predicted octanol–water partition coefficient (Wildman–Crippen LogP) is 1.63. The van der Waals surface area contributed by atoms with E-state index in [1.165, 1.54) is 6.42 Å². The lowest BCUT2D eigenvalue weighted by atomic mass is 10.2. The summed E-state index contributed by atoms with van der Waals surface area (Å²) in [5, 5.41) is 10.3. The van der Waals surface area contributed by atoms with Gasteiger partial charge in [-0.15, -0.1) is 0 Å². The number of aliphatic hydroxyl groups is 1. The first-order valence-electron chi connectivity index (χ1n) is 5.58. The number of thiazole rings is 1. The number of aliphatic hydroxyl groups excluding tert-OH is 1. The highest BCUT2D eigenvalue weighted by atomic mass is 32.1. The Balaban J connectivity index is 2.15. The molecule has 1 N–H and O–H groups in total. The lowest BCUT2D eigenvalue weighted by molar-refractivity contribution is 0.179. The second kappa shape index (κ2) is 5.12. The van der Waals surface area contributed by atoms with E-state index >= 15 is 0 Å². The van der Waals surface area contributed by atoms with Crippen molar-refractivity contribution in [2.45, 2.75) is 26.6 Å². The van der Waals surface area contributed by atoms with Crippen molar-refractivity contribution >= 4 is 16.5 Å². The largest absolute Gasteiger partial charge is 0.391 e. The van der Waals surface area contributed by atoms with Crippen molar-refractivity contribution in [3.8, 4) is 0 Å². The highest BCUT2D eigenvalue weighted by Crippen LogP contribution is 2.30. The Morgan fingerprint density at radius 3 is 3.00 bits per heavy atom. The molecule has 0 bridgehead atoms. The van der Waals surface area contributed by atoms with E-state index in [2.05, 4.69) is 16.8 Å². The first kappa shape index (κ1) is 11.8. The van der Waals surface area contributed by atoms with E-state index < -0.39 is 0 Å². The van der Waals surface area contributed by atoms with Gasteiger partial charge in [-0.2, -0.15) is 0 Å². The summed E-state index contributed by atoms with van der Waals surface area (Å²) in [5.74, 6) is 0.743. The normalized spacial score (nSPS) is 20.7. The maximum absolute atomic E-state index is 9.25. The number of hydrogen-bond donors (Lipinski definition) is 1. The van der Waals surface area contributed by atoms with Crippen molar-refractivity contribution in [2.75, 3.05) is 25.1 Å². The Hall–Kier alpha value is -0.650. The molecule has 1 saturated heterocycles. The van der Waals surface area contributed by atoms with Gasteiger partial charge in [-0.3, -0.25) is 0 Å². The Morgan fingerprint density at radius 1 is 1.62 bits per heavy atom. The van der Waals surface area contributed by atoms with Gasteiger partial charge in [0.1, 0.15) is 0 Å². The minimum Gasteiger partial charge on any atom is -0.391 e. The van der Waals surface area contributed by atoms with Gasteiger partial charge in [0.15, 0.2) is 5.13 Å². The summed E-state index contributed by atoms with van der Waals surface area (Å²) in [4.78, 5) is 7.77. The van der Waals surface area contributed by atoms with Crippen LogP contribution in [0.2, 0.25) is 0 Å². The van der Waals surface area contributed by atoms with Crippen LogP contribution in [0.15, 0.2) is 0 Å². The minimum absolute atomic E-state index is 0.0553. The highest BCUT2D eigenvalue weighted by molar-refractivity contribution is 7.15. The summed E-state index contributed by atoms with van der Waals surface area (Å²) in [6, 6.07) is 0. The van der Waals surface area contributed by atoms with Crippen LogP contribution in [0.3, 0.4) is 0 Å². The van der Waals surface area contributed by atoms with Crippen LogP contribution in [0.25, 0.3) is 0 Å². The monoisotopic (exact) mass is 242 g/mol. The van der Waals surface area contributed by atoms with E-state index in [0.29, 0.717) is 6.61 Å². The van der Waals surface area contributed by atoms with Gasteiger partial charge in [0, 0.05) is 20.2 Å². The highest BCUT2D eigenvalue weighted by Gasteiger charge is 2.22. The Morgan fingerprint density at radius 2 is 2.44 bits per heavy atom. The summed E-state index contributed by atoms with van der Waals surface area (Å²) in [7, 11) is 1.65. The summed E-state index contributed by atoms with van der Waals surface area (Å²) in [5.41, 5.74) is 0.879. The molecule has 4 nitrogen and oxygen atoms in total. The van der Waals surface area contributed by atoms with Crippen LogP contribution in [-0.4, -0.2) is 30.3 Å². The zero-order valence-electron chi connectivity index (χ0n) is 9.77. The number of hydrogen-bond acceptors (Lipinski definition) is 5. The van der Waals surface area contributed by atoms with Gasteiger partial charge >= 0.3 is 0 Å². The van der Waals surface area contributed by atoms with E-state index in [-0.39, 0.29) is 6.61 Å². The summed E-state index contributed by atoms with van der Waals surface area (Å²) < 4.78 is 5.08. The molecule has 1 fully saturated rings. The second-order valence-corrected chi connectivity index (χ2v) is 5.36. The number of rotatable bonds is 4. The number of nitrogens with zero attached hydrogens (tertiary/aromatic N) is 2. The van der Waals surface area contributed by atoms with Gasteiger partial charge in [0.25, 0.3) is 0 Å². The van der Waals surface area contributed by atoms with Crippen LogP contribution in [0.4, 0.5) is 5.13 Å². The second-order valence-electron chi connectivity index (χ2n) is 4.30. The van der Waals surface area contributed by atoms with Crippen LogP contribution >= 0.6 is 11.3 Å². The maximum Gasteiger partial charge on any atom is 0.185 e. The summed E-state index contributed by atoms with van der Waals surface area (Å²) >= 11 is 1.58. The molecule has 1 atom stereocenters. The van der Waals surface area contributed by atoms with E-state index in [1.54, 1.807) is 18.4 Å². The predicted molar refractivity (Wildman–Crippen MR) is 64.7 cm³/mol. The van der Waals surface area contributed by atoms with E-state index in [1.807, 2.05) is 0 Å². The van der Waals surface area contributed by atoms with Crippen molar-refractivity contribution in [1.29, 1.82) is 0 Å². The van der Waals surface area contributed by atoms with Crippen LogP contribution in [0, 0.1) is 5.92 Å². The average Bonchev–Trinajstić information content (AvgIpc) is 2.85. The zero-order chi connectivity index (χ0) is 11.5. The summed E-state index contributed by atoms with van der Waals surface area (Å²) in [6.45, 7) is 4.95. The fourth-order valence-electron chi connectivity index (χ4n) is 1.99. The molecule has 1 unspecified atom stereocenters. The van der Waals surface area contributed by atoms with Gasteiger partial charge in [-0.25, -0.2) is 4.98 Å². The molecule has 90 valence electrons. The number of anilines is 1. The number of ether oxygens (including phenoxy) is 1. The lowest BCUT2D eigenvalue weighted by Crippen LogP contribution is -2.18. The van der Waals surface area contributed by atoms with Crippen LogP contribution < -0.4 is 4.90 Å². The quantitative estimate of drug-likeness (QED) is 0.871. The molecule has 0 amide bonds. The molecule has 0 saturated carbocycles. The average molecular weight is 242 g/mol. The molecule has 2 rings (SSSR count). The molecule has 0 aromatic carbocycles. The first-order valence-corrected chi connectivity index (χ1v) is 6.39. The lowest BCUT2D eigenvalue weighted by Gasteiger charge is -2.13. The van der Waals surface area contributed by atoms with E-state index in [4.69, 9.17) is 4.74 Å². The van der Waals surface area contributed by atoms with Crippen molar-refractivity contribution < 1.29 is 9.84 Å². The topological polar surface area (TPSA) is 45.6 Å².